The molecule has 0 heterocycles. The van der Waals surface area contributed by atoms with Crippen LogP contribution in [0.1, 0.15) is 38.7 Å². The third kappa shape index (κ3) is 4.57. The van der Waals surface area contributed by atoms with Crippen LogP contribution in [0.2, 0.25) is 0 Å². The Balaban J connectivity index is 2.68. The summed E-state index contributed by atoms with van der Waals surface area (Å²) in [7, 11) is 3.37. The maximum atomic E-state index is 5.29. The fraction of sp³-hybridized carbons (Fsp3) is 0.600. The van der Waals surface area contributed by atoms with Crippen molar-refractivity contribution in [2.75, 3.05) is 20.8 Å². The van der Waals surface area contributed by atoms with Crippen molar-refractivity contribution in [3.8, 4) is 11.5 Å². The molecule has 3 heteroatoms. The number of hydrogen-bond donors (Lipinski definition) is 1. The monoisotopic (exact) mass is 251 g/mol. The van der Waals surface area contributed by atoms with Crippen molar-refractivity contribution in [3.05, 3.63) is 23.8 Å². The summed E-state index contributed by atoms with van der Waals surface area (Å²) in [5.41, 5.74) is 1.26. The second kappa shape index (κ2) is 7.27. The van der Waals surface area contributed by atoms with Gasteiger partial charge in [0.15, 0.2) is 0 Å². The summed E-state index contributed by atoms with van der Waals surface area (Å²) < 4.78 is 10.6. The molecular formula is C15H25NO2. The molecule has 1 aromatic rings. The Morgan fingerprint density at radius 3 is 2.00 bits per heavy atom. The highest BCUT2D eigenvalue weighted by molar-refractivity contribution is 5.39. The summed E-state index contributed by atoms with van der Waals surface area (Å²) in [5, 5.41) is 3.44. The third-order valence-corrected chi connectivity index (χ3v) is 3.07. The maximum absolute atomic E-state index is 5.29. The molecule has 0 bridgehead atoms. The zero-order valence-electron chi connectivity index (χ0n) is 12.1. The predicted octanol–water partition coefficient (Wildman–Crippen LogP) is 3.20. The smallest absolute Gasteiger partial charge is 0.122 e. The van der Waals surface area contributed by atoms with Crippen molar-refractivity contribution < 1.29 is 9.47 Å². The van der Waals surface area contributed by atoms with Crippen molar-refractivity contribution in [2.45, 2.75) is 39.2 Å². The SMILES string of the molecule is COc1cc(OC)cc(C(C)CCNC(C)C)c1. The van der Waals surface area contributed by atoms with Gasteiger partial charge in [-0.15, -0.1) is 0 Å². The molecule has 0 saturated heterocycles. The molecule has 1 atom stereocenters. The number of benzene rings is 1. The molecule has 0 aliphatic rings. The Morgan fingerprint density at radius 2 is 1.56 bits per heavy atom. The van der Waals surface area contributed by atoms with E-state index in [4.69, 9.17) is 9.47 Å². The first kappa shape index (κ1) is 14.8. The van der Waals surface area contributed by atoms with E-state index in [0.29, 0.717) is 12.0 Å². The Kier molecular flexibility index (Phi) is 5.99. The lowest BCUT2D eigenvalue weighted by Crippen LogP contribution is -2.24. The zero-order chi connectivity index (χ0) is 13.5. The molecule has 1 rings (SSSR count). The van der Waals surface area contributed by atoms with Crippen LogP contribution in [0.5, 0.6) is 11.5 Å². The Labute approximate surface area is 110 Å². The second-order valence-electron chi connectivity index (χ2n) is 4.94. The molecule has 102 valence electrons. The predicted molar refractivity (Wildman–Crippen MR) is 75.7 cm³/mol. The molecule has 0 radical (unpaired) electrons. The molecule has 18 heavy (non-hydrogen) atoms. The lowest BCUT2D eigenvalue weighted by Gasteiger charge is -2.16. The van der Waals surface area contributed by atoms with Gasteiger partial charge in [0, 0.05) is 12.1 Å². The molecule has 1 unspecified atom stereocenters. The Morgan fingerprint density at radius 1 is 1.00 bits per heavy atom. The van der Waals surface area contributed by atoms with Gasteiger partial charge in [0.1, 0.15) is 11.5 Å². The van der Waals surface area contributed by atoms with Crippen molar-refractivity contribution in [1.29, 1.82) is 0 Å². The number of methoxy groups -OCH3 is 2. The van der Waals surface area contributed by atoms with E-state index in [9.17, 15) is 0 Å². The number of ether oxygens (including phenoxy) is 2. The van der Waals surface area contributed by atoms with Crippen LogP contribution in [0.4, 0.5) is 0 Å². The number of hydrogen-bond acceptors (Lipinski definition) is 3. The van der Waals surface area contributed by atoms with Crippen LogP contribution in [-0.2, 0) is 0 Å². The number of rotatable bonds is 7. The van der Waals surface area contributed by atoms with Gasteiger partial charge in [-0.25, -0.2) is 0 Å². The van der Waals surface area contributed by atoms with Crippen LogP contribution >= 0.6 is 0 Å². The van der Waals surface area contributed by atoms with Gasteiger partial charge < -0.3 is 14.8 Å². The highest BCUT2D eigenvalue weighted by Crippen LogP contribution is 2.28. The van der Waals surface area contributed by atoms with Gasteiger partial charge in [-0.3, -0.25) is 0 Å². The summed E-state index contributed by atoms with van der Waals surface area (Å²) in [6, 6.07) is 6.62. The molecule has 0 spiro atoms. The summed E-state index contributed by atoms with van der Waals surface area (Å²) in [6.45, 7) is 7.59. The van der Waals surface area contributed by atoms with Gasteiger partial charge in [-0.2, -0.15) is 0 Å². The minimum atomic E-state index is 0.486. The third-order valence-electron chi connectivity index (χ3n) is 3.07. The minimum absolute atomic E-state index is 0.486. The first-order valence-corrected chi connectivity index (χ1v) is 6.53. The summed E-state index contributed by atoms with van der Waals surface area (Å²) in [6.07, 6.45) is 1.11. The molecule has 0 saturated carbocycles. The van der Waals surface area contributed by atoms with Gasteiger partial charge in [-0.1, -0.05) is 20.8 Å². The fourth-order valence-corrected chi connectivity index (χ4v) is 1.87. The van der Waals surface area contributed by atoms with E-state index in [1.807, 2.05) is 6.07 Å². The van der Waals surface area contributed by atoms with Crippen molar-refractivity contribution in [1.82, 2.24) is 5.32 Å². The second-order valence-corrected chi connectivity index (χ2v) is 4.94. The quantitative estimate of drug-likeness (QED) is 0.807. The first-order chi connectivity index (χ1) is 8.56. The van der Waals surface area contributed by atoms with Crippen LogP contribution in [0.3, 0.4) is 0 Å². The van der Waals surface area contributed by atoms with Crippen LogP contribution in [0.25, 0.3) is 0 Å². The van der Waals surface area contributed by atoms with Crippen molar-refractivity contribution >= 4 is 0 Å². The van der Waals surface area contributed by atoms with E-state index in [-0.39, 0.29) is 0 Å². The van der Waals surface area contributed by atoms with E-state index in [1.165, 1.54) is 5.56 Å². The van der Waals surface area contributed by atoms with E-state index in [2.05, 4.69) is 38.2 Å². The van der Waals surface area contributed by atoms with Crippen LogP contribution in [-0.4, -0.2) is 26.8 Å². The Hall–Kier alpha value is -1.22. The summed E-state index contributed by atoms with van der Waals surface area (Å²) in [5.74, 6) is 2.20. The van der Waals surface area contributed by atoms with Crippen molar-refractivity contribution in [2.24, 2.45) is 0 Å². The standard InChI is InChI=1S/C15H25NO2/c1-11(2)16-7-6-12(3)13-8-14(17-4)10-15(9-13)18-5/h8-12,16H,6-7H2,1-5H3. The average molecular weight is 251 g/mol. The minimum Gasteiger partial charge on any atom is -0.497 e. The van der Waals surface area contributed by atoms with Crippen LogP contribution < -0.4 is 14.8 Å². The van der Waals surface area contributed by atoms with Gasteiger partial charge in [0.05, 0.1) is 14.2 Å². The molecule has 1 N–H and O–H groups in total. The highest BCUT2D eigenvalue weighted by atomic mass is 16.5. The van der Waals surface area contributed by atoms with Gasteiger partial charge in [0.25, 0.3) is 0 Å². The molecular weight excluding hydrogens is 226 g/mol. The van der Waals surface area contributed by atoms with Gasteiger partial charge >= 0.3 is 0 Å². The topological polar surface area (TPSA) is 30.5 Å². The van der Waals surface area contributed by atoms with E-state index >= 15 is 0 Å². The van der Waals surface area contributed by atoms with Crippen molar-refractivity contribution in [3.63, 3.8) is 0 Å². The van der Waals surface area contributed by atoms with Gasteiger partial charge in [-0.05, 0) is 36.6 Å². The summed E-state index contributed by atoms with van der Waals surface area (Å²) in [4.78, 5) is 0. The normalized spacial score (nSPS) is 12.6. The molecule has 0 aromatic heterocycles. The molecule has 0 amide bonds. The van der Waals surface area contributed by atoms with E-state index in [1.54, 1.807) is 14.2 Å². The summed E-state index contributed by atoms with van der Waals surface area (Å²) >= 11 is 0. The molecule has 3 nitrogen and oxygen atoms in total. The van der Waals surface area contributed by atoms with Crippen LogP contribution in [0, 0.1) is 0 Å². The van der Waals surface area contributed by atoms with Gasteiger partial charge in [0.2, 0.25) is 0 Å². The Bertz CT molecular complexity index is 341. The average Bonchev–Trinajstić information content (AvgIpc) is 2.37. The van der Waals surface area contributed by atoms with Crippen LogP contribution in [0.15, 0.2) is 18.2 Å². The van der Waals surface area contributed by atoms with E-state index < -0.39 is 0 Å². The molecule has 0 fully saturated rings. The molecule has 0 aliphatic heterocycles. The zero-order valence-corrected chi connectivity index (χ0v) is 12.1. The first-order valence-electron chi connectivity index (χ1n) is 6.53. The lowest BCUT2D eigenvalue weighted by molar-refractivity contribution is 0.392. The van der Waals surface area contributed by atoms with E-state index in [0.717, 1.165) is 24.5 Å². The molecule has 1 aromatic carbocycles. The highest BCUT2D eigenvalue weighted by Gasteiger charge is 2.09. The molecule has 0 aliphatic carbocycles. The fourth-order valence-electron chi connectivity index (χ4n) is 1.87. The number of nitrogens with one attached hydrogen (secondary N) is 1. The maximum Gasteiger partial charge on any atom is 0.122 e. The largest absolute Gasteiger partial charge is 0.497 e. The lowest BCUT2D eigenvalue weighted by atomic mass is 9.97.